The summed E-state index contributed by atoms with van der Waals surface area (Å²) < 4.78 is 5.68. The van der Waals surface area contributed by atoms with E-state index in [1.807, 2.05) is 0 Å². The first kappa shape index (κ1) is 14.9. The lowest BCUT2D eigenvalue weighted by molar-refractivity contribution is 0.0560. The Morgan fingerprint density at radius 3 is 2.35 bits per heavy atom. The van der Waals surface area contributed by atoms with Crippen molar-refractivity contribution in [1.82, 2.24) is 10.2 Å². The van der Waals surface area contributed by atoms with E-state index in [4.69, 9.17) is 4.74 Å². The number of ether oxygens (including phenoxy) is 1. The Bertz CT molecular complexity index is 218. The number of nitrogens with one attached hydrogen (secondary N) is 1. The third-order valence-corrected chi connectivity index (χ3v) is 3.89. The number of rotatable bonds is 6. The molecule has 3 unspecified atom stereocenters. The monoisotopic (exact) mass is 242 g/mol. The zero-order chi connectivity index (χ0) is 13.0. The lowest BCUT2D eigenvalue weighted by atomic mass is 9.99. The van der Waals surface area contributed by atoms with Gasteiger partial charge in [0.25, 0.3) is 0 Å². The summed E-state index contributed by atoms with van der Waals surface area (Å²) in [7, 11) is 2.25. The lowest BCUT2D eigenvalue weighted by Crippen LogP contribution is -2.51. The third kappa shape index (κ3) is 4.23. The first-order chi connectivity index (χ1) is 7.93. The molecule has 3 nitrogen and oxygen atoms in total. The highest BCUT2D eigenvalue weighted by Gasteiger charge is 2.32. The van der Waals surface area contributed by atoms with Crippen LogP contribution < -0.4 is 5.32 Å². The van der Waals surface area contributed by atoms with Crippen LogP contribution in [0.2, 0.25) is 0 Å². The summed E-state index contributed by atoms with van der Waals surface area (Å²) in [5, 5.41) is 3.56. The molecular weight excluding hydrogens is 212 g/mol. The van der Waals surface area contributed by atoms with E-state index in [1.54, 1.807) is 0 Å². The van der Waals surface area contributed by atoms with Crippen LogP contribution in [-0.2, 0) is 4.74 Å². The van der Waals surface area contributed by atoms with Crippen molar-refractivity contribution in [2.45, 2.75) is 65.3 Å². The highest BCUT2D eigenvalue weighted by Crippen LogP contribution is 2.22. The average molecular weight is 242 g/mol. The van der Waals surface area contributed by atoms with Gasteiger partial charge in [0.05, 0.1) is 6.10 Å². The summed E-state index contributed by atoms with van der Waals surface area (Å²) in [6.07, 6.45) is 1.54. The van der Waals surface area contributed by atoms with E-state index in [-0.39, 0.29) is 0 Å². The van der Waals surface area contributed by atoms with Crippen LogP contribution >= 0.6 is 0 Å². The fourth-order valence-electron chi connectivity index (χ4n) is 2.71. The smallest absolute Gasteiger partial charge is 0.0703 e. The Morgan fingerprint density at radius 1 is 1.29 bits per heavy atom. The van der Waals surface area contributed by atoms with Gasteiger partial charge in [0.1, 0.15) is 0 Å². The van der Waals surface area contributed by atoms with Gasteiger partial charge >= 0.3 is 0 Å². The van der Waals surface area contributed by atoms with Crippen molar-refractivity contribution in [3.05, 3.63) is 0 Å². The Kier molecular flexibility index (Phi) is 5.90. The Balaban J connectivity index is 2.56. The van der Waals surface area contributed by atoms with E-state index in [1.165, 1.54) is 6.42 Å². The van der Waals surface area contributed by atoms with Gasteiger partial charge in [0.2, 0.25) is 0 Å². The predicted molar refractivity (Wildman–Crippen MR) is 73.3 cm³/mol. The molecule has 3 heteroatoms. The molecule has 102 valence electrons. The van der Waals surface area contributed by atoms with Gasteiger partial charge in [-0.05, 0) is 26.3 Å². The van der Waals surface area contributed by atoms with Crippen molar-refractivity contribution >= 4 is 0 Å². The topological polar surface area (TPSA) is 24.5 Å². The number of likely N-dealkylation sites (N-methyl/N-ethyl adjacent to an activating group) is 1. The number of hydrogen-bond acceptors (Lipinski definition) is 3. The van der Waals surface area contributed by atoms with E-state index in [0.717, 1.165) is 13.2 Å². The molecule has 1 aliphatic heterocycles. The molecule has 0 aromatic rings. The minimum Gasteiger partial charge on any atom is -0.377 e. The average Bonchev–Trinajstić information content (AvgIpc) is 2.63. The van der Waals surface area contributed by atoms with Crippen LogP contribution in [-0.4, -0.2) is 49.3 Å². The minimum atomic E-state index is 0.375. The molecule has 0 amide bonds. The Morgan fingerprint density at radius 2 is 1.94 bits per heavy atom. The summed E-state index contributed by atoms with van der Waals surface area (Å²) >= 11 is 0. The molecule has 3 atom stereocenters. The van der Waals surface area contributed by atoms with E-state index < -0.39 is 0 Å². The normalized spacial score (nSPS) is 27.4. The van der Waals surface area contributed by atoms with Crippen LogP contribution in [0.4, 0.5) is 0 Å². The maximum Gasteiger partial charge on any atom is 0.0703 e. The van der Waals surface area contributed by atoms with E-state index in [9.17, 15) is 0 Å². The zero-order valence-corrected chi connectivity index (χ0v) is 12.4. The second-order valence-corrected chi connectivity index (χ2v) is 5.97. The molecule has 0 spiro atoms. The van der Waals surface area contributed by atoms with Gasteiger partial charge in [-0.15, -0.1) is 0 Å². The van der Waals surface area contributed by atoms with Crippen molar-refractivity contribution < 1.29 is 4.74 Å². The minimum absolute atomic E-state index is 0.375. The van der Waals surface area contributed by atoms with Crippen LogP contribution in [0, 0.1) is 5.92 Å². The Hall–Kier alpha value is -0.120. The van der Waals surface area contributed by atoms with Crippen molar-refractivity contribution in [2.75, 3.05) is 20.2 Å². The van der Waals surface area contributed by atoms with Crippen LogP contribution in [0.3, 0.4) is 0 Å². The lowest BCUT2D eigenvalue weighted by Gasteiger charge is -2.37. The highest BCUT2D eigenvalue weighted by molar-refractivity contribution is 4.87. The maximum atomic E-state index is 5.68. The summed E-state index contributed by atoms with van der Waals surface area (Å²) in [6, 6.07) is 1.73. The van der Waals surface area contributed by atoms with Crippen LogP contribution in [0.15, 0.2) is 0 Å². The first-order valence-corrected chi connectivity index (χ1v) is 7.00. The molecule has 1 aliphatic rings. The predicted octanol–water partition coefficient (Wildman–Crippen LogP) is 2.12. The Labute approximate surface area is 107 Å². The maximum absolute atomic E-state index is 5.68. The summed E-state index contributed by atoms with van der Waals surface area (Å²) in [5.74, 6) is 0.666. The molecule has 1 rings (SSSR count). The first-order valence-electron chi connectivity index (χ1n) is 7.00. The second-order valence-electron chi connectivity index (χ2n) is 5.97. The molecule has 17 heavy (non-hydrogen) atoms. The summed E-state index contributed by atoms with van der Waals surface area (Å²) in [5.41, 5.74) is 0. The fraction of sp³-hybridized carbons (Fsp3) is 1.00. The third-order valence-electron chi connectivity index (χ3n) is 3.89. The van der Waals surface area contributed by atoms with Gasteiger partial charge in [-0.1, -0.05) is 27.7 Å². The molecule has 1 saturated heterocycles. The molecule has 0 saturated carbocycles. The molecule has 1 fully saturated rings. The van der Waals surface area contributed by atoms with Gasteiger partial charge in [-0.3, -0.25) is 4.90 Å². The SMILES string of the molecule is CC(C)NCC(C(C)C)N(C)C1CCOC1C. The highest BCUT2D eigenvalue weighted by atomic mass is 16.5. The van der Waals surface area contributed by atoms with E-state index in [2.05, 4.69) is 51.9 Å². The molecular formula is C14H30N2O. The van der Waals surface area contributed by atoms with Crippen molar-refractivity contribution in [3.8, 4) is 0 Å². The van der Waals surface area contributed by atoms with Crippen LogP contribution in [0.25, 0.3) is 0 Å². The molecule has 1 N–H and O–H groups in total. The van der Waals surface area contributed by atoms with Gasteiger partial charge in [-0.25, -0.2) is 0 Å². The quantitative estimate of drug-likeness (QED) is 0.772. The van der Waals surface area contributed by atoms with Crippen molar-refractivity contribution in [3.63, 3.8) is 0 Å². The summed E-state index contributed by atoms with van der Waals surface area (Å²) in [6.45, 7) is 13.2. The molecule has 0 radical (unpaired) electrons. The molecule has 0 aromatic carbocycles. The summed E-state index contributed by atoms with van der Waals surface area (Å²) in [4.78, 5) is 2.53. The van der Waals surface area contributed by atoms with Crippen molar-refractivity contribution in [1.29, 1.82) is 0 Å². The standard InChI is InChI=1S/C14H30N2O/c1-10(2)14(9-15-11(3)4)16(6)13-7-8-17-12(13)5/h10-15H,7-9H2,1-6H3. The largest absolute Gasteiger partial charge is 0.377 e. The molecule has 0 aliphatic carbocycles. The molecule has 1 heterocycles. The van der Waals surface area contributed by atoms with Gasteiger partial charge in [0, 0.05) is 31.3 Å². The van der Waals surface area contributed by atoms with Gasteiger partial charge in [-0.2, -0.15) is 0 Å². The van der Waals surface area contributed by atoms with Crippen LogP contribution in [0.5, 0.6) is 0 Å². The molecule has 0 bridgehead atoms. The zero-order valence-electron chi connectivity index (χ0n) is 12.4. The van der Waals surface area contributed by atoms with Gasteiger partial charge < -0.3 is 10.1 Å². The number of nitrogens with zero attached hydrogens (tertiary/aromatic N) is 1. The van der Waals surface area contributed by atoms with Crippen LogP contribution in [0.1, 0.15) is 41.0 Å². The van der Waals surface area contributed by atoms with E-state index in [0.29, 0.717) is 30.1 Å². The fourth-order valence-corrected chi connectivity index (χ4v) is 2.71. The molecule has 0 aromatic heterocycles. The van der Waals surface area contributed by atoms with Crippen molar-refractivity contribution in [2.24, 2.45) is 5.92 Å². The van der Waals surface area contributed by atoms with E-state index >= 15 is 0 Å². The van der Waals surface area contributed by atoms with Gasteiger partial charge in [0.15, 0.2) is 0 Å². The second kappa shape index (κ2) is 6.72. The number of hydrogen-bond donors (Lipinski definition) is 1.